The van der Waals surface area contributed by atoms with Gasteiger partial charge in [0, 0.05) is 5.56 Å². The summed E-state index contributed by atoms with van der Waals surface area (Å²) in [5.74, 6) is -1.80. The minimum Gasteiger partial charge on any atom is -0.488 e. The molecule has 2 aromatic carbocycles. The number of carboxylic acid groups (broad SMARTS) is 1. The van der Waals surface area contributed by atoms with E-state index in [1.165, 1.54) is 17.4 Å². The van der Waals surface area contributed by atoms with Gasteiger partial charge in [0.25, 0.3) is 0 Å². The van der Waals surface area contributed by atoms with Crippen molar-refractivity contribution in [3.8, 4) is 16.3 Å². The Hall–Kier alpha value is -2.94. The summed E-state index contributed by atoms with van der Waals surface area (Å²) in [5.41, 5.74) is 1.03. The molecule has 0 aliphatic rings. The molecule has 3 aromatic rings. The van der Waals surface area contributed by atoms with E-state index in [1.54, 1.807) is 25.1 Å². The Morgan fingerprint density at radius 2 is 1.90 bits per heavy atom. The number of halogens is 4. The van der Waals surface area contributed by atoms with Crippen LogP contribution in [0.15, 0.2) is 36.4 Å². The maximum atomic E-state index is 13.9. The molecule has 0 fully saturated rings. The number of alkyl halides is 3. The zero-order valence-corrected chi connectivity index (χ0v) is 16.8. The lowest BCUT2D eigenvalue weighted by Crippen LogP contribution is -2.07. The number of benzene rings is 2. The second-order valence-electron chi connectivity index (χ2n) is 6.67. The van der Waals surface area contributed by atoms with E-state index in [-0.39, 0.29) is 18.6 Å². The predicted octanol–water partition coefficient (Wildman–Crippen LogP) is 5.79. The molecule has 3 rings (SSSR count). The van der Waals surface area contributed by atoms with E-state index in [4.69, 9.17) is 9.84 Å². The maximum absolute atomic E-state index is 13.9. The number of thiazole rings is 1. The Bertz CT molecular complexity index is 1090. The number of aryl methyl sites for hydroxylation is 2. The summed E-state index contributed by atoms with van der Waals surface area (Å²) in [4.78, 5) is 16.0. The molecule has 0 spiro atoms. The summed E-state index contributed by atoms with van der Waals surface area (Å²) in [6.07, 6.45) is -4.87. The highest BCUT2D eigenvalue weighted by molar-refractivity contribution is 7.15. The van der Waals surface area contributed by atoms with Gasteiger partial charge in [-0.1, -0.05) is 12.1 Å². The molecule has 0 unspecified atom stereocenters. The molecular weight excluding hydrogens is 422 g/mol. The topological polar surface area (TPSA) is 59.4 Å². The first kappa shape index (κ1) is 21.8. The quantitative estimate of drug-likeness (QED) is 0.494. The van der Waals surface area contributed by atoms with E-state index in [9.17, 15) is 22.4 Å². The van der Waals surface area contributed by atoms with E-state index in [1.807, 2.05) is 6.92 Å². The molecular formula is C21H17F4NO3S. The van der Waals surface area contributed by atoms with Crippen molar-refractivity contribution < 1.29 is 32.2 Å². The zero-order valence-electron chi connectivity index (χ0n) is 16.0. The predicted molar refractivity (Wildman–Crippen MR) is 104 cm³/mol. The average molecular weight is 439 g/mol. The second kappa shape index (κ2) is 8.43. The van der Waals surface area contributed by atoms with Gasteiger partial charge in [0.2, 0.25) is 0 Å². The van der Waals surface area contributed by atoms with Crippen molar-refractivity contribution in [2.45, 2.75) is 33.1 Å². The van der Waals surface area contributed by atoms with Crippen molar-refractivity contribution >= 4 is 17.3 Å². The third kappa shape index (κ3) is 4.96. The van der Waals surface area contributed by atoms with Crippen LogP contribution in [0.5, 0.6) is 5.75 Å². The lowest BCUT2D eigenvalue weighted by atomic mass is 10.1. The van der Waals surface area contributed by atoms with Gasteiger partial charge in [-0.3, -0.25) is 4.79 Å². The van der Waals surface area contributed by atoms with Crippen LogP contribution in [0.2, 0.25) is 0 Å². The summed E-state index contributed by atoms with van der Waals surface area (Å²) < 4.78 is 57.8. The van der Waals surface area contributed by atoms with Crippen LogP contribution in [0, 0.1) is 19.7 Å². The SMILES string of the molecule is Cc1ccc(OCc2sc(-c3ccc(C(F)(F)F)c(F)c3)nc2C)cc1CC(=O)O. The number of hydrogen-bond acceptors (Lipinski definition) is 4. The van der Waals surface area contributed by atoms with Crippen molar-refractivity contribution in [1.82, 2.24) is 4.98 Å². The first-order chi connectivity index (χ1) is 14.0. The van der Waals surface area contributed by atoms with E-state index in [0.29, 0.717) is 28.1 Å². The maximum Gasteiger partial charge on any atom is 0.419 e. The van der Waals surface area contributed by atoms with Crippen LogP contribution in [0.4, 0.5) is 17.6 Å². The molecule has 158 valence electrons. The summed E-state index contributed by atoms with van der Waals surface area (Å²) >= 11 is 1.19. The molecule has 0 saturated heterocycles. The monoisotopic (exact) mass is 439 g/mol. The van der Waals surface area contributed by atoms with Gasteiger partial charge in [-0.25, -0.2) is 9.37 Å². The van der Waals surface area contributed by atoms with E-state index in [0.717, 1.165) is 16.5 Å². The summed E-state index contributed by atoms with van der Waals surface area (Å²) in [7, 11) is 0. The Labute approximate surface area is 173 Å². The first-order valence-corrected chi connectivity index (χ1v) is 9.64. The minimum absolute atomic E-state index is 0.119. The molecule has 30 heavy (non-hydrogen) atoms. The Kier molecular flexibility index (Phi) is 6.12. The average Bonchev–Trinajstić information content (AvgIpc) is 3.01. The smallest absolute Gasteiger partial charge is 0.419 e. The zero-order chi connectivity index (χ0) is 22.1. The van der Waals surface area contributed by atoms with E-state index in [2.05, 4.69) is 4.98 Å². The number of aromatic nitrogens is 1. The highest BCUT2D eigenvalue weighted by Crippen LogP contribution is 2.35. The summed E-state index contributed by atoms with van der Waals surface area (Å²) in [6, 6.07) is 7.86. The molecule has 0 bridgehead atoms. The van der Waals surface area contributed by atoms with Gasteiger partial charge >= 0.3 is 12.1 Å². The molecule has 0 atom stereocenters. The minimum atomic E-state index is -4.76. The second-order valence-corrected chi connectivity index (χ2v) is 7.75. The Morgan fingerprint density at radius 1 is 1.17 bits per heavy atom. The summed E-state index contributed by atoms with van der Waals surface area (Å²) in [5, 5.41) is 9.37. The number of aliphatic carboxylic acids is 1. The fourth-order valence-electron chi connectivity index (χ4n) is 2.80. The van der Waals surface area contributed by atoms with Crippen molar-refractivity contribution in [3.05, 3.63) is 69.5 Å². The van der Waals surface area contributed by atoms with Gasteiger partial charge in [-0.2, -0.15) is 13.2 Å². The van der Waals surface area contributed by atoms with Gasteiger partial charge in [-0.05, 0) is 49.2 Å². The fourth-order valence-corrected chi connectivity index (χ4v) is 3.78. The van der Waals surface area contributed by atoms with Crippen molar-refractivity contribution in [3.63, 3.8) is 0 Å². The van der Waals surface area contributed by atoms with E-state index >= 15 is 0 Å². The summed E-state index contributed by atoms with van der Waals surface area (Å²) in [6.45, 7) is 3.68. The number of hydrogen-bond donors (Lipinski definition) is 1. The van der Waals surface area contributed by atoms with Crippen LogP contribution in [0.3, 0.4) is 0 Å². The van der Waals surface area contributed by atoms with Crippen LogP contribution in [0.1, 0.15) is 27.3 Å². The molecule has 4 nitrogen and oxygen atoms in total. The number of carboxylic acids is 1. The molecule has 9 heteroatoms. The molecule has 0 saturated carbocycles. The Morgan fingerprint density at radius 3 is 2.53 bits per heavy atom. The van der Waals surface area contributed by atoms with Crippen LogP contribution in [-0.4, -0.2) is 16.1 Å². The largest absolute Gasteiger partial charge is 0.488 e. The number of nitrogens with zero attached hydrogens (tertiary/aromatic N) is 1. The van der Waals surface area contributed by atoms with Gasteiger partial charge in [0.05, 0.1) is 22.6 Å². The molecule has 0 aliphatic heterocycles. The highest BCUT2D eigenvalue weighted by atomic mass is 32.1. The van der Waals surface area contributed by atoms with Gasteiger partial charge in [0.1, 0.15) is 23.2 Å². The fraction of sp³-hybridized carbons (Fsp3) is 0.238. The van der Waals surface area contributed by atoms with Crippen LogP contribution < -0.4 is 4.74 Å². The standard InChI is InChI=1S/C21H17F4NO3S/c1-11-3-5-15(7-14(11)9-19(27)28)29-10-18-12(2)26-20(30-18)13-4-6-16(17(22)8-13)21(23,24)25/h3-8H,9-10H2,1-2H3,(H,27,28). The number of rotatable bonds is 6. The van der Waals surface area contributed by atoms with Crippen molar-refractivity contribution in [2.75, 3.05) is 0 Å². The van der Waals surface area contributed by atoms with E-state index < -0.39 is 23.5 Å². The molecule has 0 aliphatic carbocycles. The van der Waals surface area contributed by atoms with Gasteiger partial charge in [-0.15, -0.1) is 11.3 Å². The van der Waals surface area contributed by atoms with Crippen molar-refractivity contribution in [2.24, 2.45) is 0 Å². The first-order valence-electron chi connectivity index (χ1n) is 8.82. The number of carbonyl (C=O) groups is 1. The third-order valence-electron chi connectivity index (χ3n) is 4.45. The molecule has 0 radical (unpaired) electrons. The lowest BCUT2D eigenvalue weighted by Gasteiger charge is -2.09. The molecule has 1 aromatic heterocycles. The lowest BCUT2D eigenvalue weighted by molar-refractivity contribution is -0.140. The van der Waals surface area contributed by atoms with Gasteiger partial charge < -0.3 is 9.84 Å². The molecule has 0 amide bonds. The van der Waals surface area contributed by atoms with Crippen LogP contribution in [0.25, 0.3) is 10.6 Å². The van der Waals surface area contributed by atoms with Gasteiger partial charge in [0.15, 0.2) is 0 Å². The van der Waals surface area contributed by atoms with Crippen LogP contribution >= 0.6 is 11.3 Å². The number of ether oxygens (including phenoxy) is 1. The Balaban J connectivity index is 1.78. The highest BCUT2D eigenvalue weighted by Gasteiger charge is 2.34. The molecule has 1 N–H and O–H groups in total. The third-order valence-corrected chi connectivity index (χ3v) is 5.63. The van der Waals surface area contributed by atoms with Crippen LogP contribution in [-0.2, 0) is 24.0 Å². The molecule has 1 heterocycles. The van der Waals surface area contributed by atoms with Crippen molar-refractivity contribution in [1.29, 1.82) is 0 Å². The normalized spacial score (nSPS) is 11.5.